The van der Waals surface area contributed by atoms with Crippen LogP contribution in [0.5, 0.6) is 5.88 Å². The van der Waals surface area contributed by atoms with E-state index in [0.29, 0.717) is 25.1 Å². The molecule has 3 fully saturated rings. The maximum Gasteiger partial charge on any atom is 0.407 e. The van der Waals surface area contributed by atoms with E-state index in [9.17, 15) is 39.0 Å². The van der Waals surface area contributed by atoms with Gasteiger partial charge in [0, 0.05) is 58.3 Å². The molecule has 1 aromatic carbocycles. The largest absolute Gasteiger partial charge is 0.481 e. The van der Waals surface area contributed by atoms with Crippen molar-refractivity contribution in [3.63, 3.8) is 0 Å². The first-order valence-corrected chi connectivity index (χ1v) is 16.2. The molecule has 3 N–H and O–H groups in total. The molecule has 0 unspecified atom stereocenters. The fourth-order valence-corrected chi connectivity index (χ4v) is 6.16. The number of amides is 5. The summed E-state index contributed by atoms with van der Waals surface area (Å²) in [6.45, 7) is 0.397. The molecule has 0 spiro atoms. The molecule has 1 aliphatic carbocycles. The van der Waals surface area contributed by atoms with Gasteiger partial charge in [-0.15, -0.1) is 0 Å². The van der Waals surface area contributed by atoms with Crippen LogP contribution in [0, 0.1) is 0 Å². The lowest BCUT2D eigenvalue weighted by atomic mass is 9.91. The topological polar surface area (TPSA) is 195 Å². The van der Waals surface area contributed by atoms with E-state index in [4.69, 9.17) is 4.74 Å². The molecule has 1 aromatic heterocycles. The van der Waals surface area contributed by atoms with Crippen molar-refractivity contribution in [2.75, 3.05) is 46.4 Å². The van der Waals surface area contributed by atoms with Crippen LogP contribution < -0.4 is 10.1 Å². The van der Waals surface area contributed by atoms with Crippen LogP contribution in [0.1, 0.15) is 55.4 Å². The molecule has 2 saturated heterocycles. The Morgan fingerprint density at radius 2 is 1.65 bits per heavy atom. The van der Waals surface area contributed by atoms with E-state index in [1.807, 2.05) is 0 Å². The molecule has 2 atom stereocenters. The number of aromatic nitrogens is 2. The van der Waals surface area contributed by atoms with Crippen molar-refractivity contribution in [2.24, 2.45) is 0 Å². The van der Waals surface area contributed by atoms with E-state index in [2.05, 4.69) is 10.4 Å². The average Bonchev–Trinajstić information content (AvgIpc) is 3.72. The second-order valence-corrected chi connectivity index (χ2v) is 12.2. The van der Waals surface area contributed by atoms with Crippen LogP contribution in [0.4, 0.5) is 4.79 Å². The number of carbonyl (C=O) groups is 6. The maximum absolute atomic E-state index is 13.5. The van der Waals surface area contributed by atoms with Crippen LogP contribution in [0.2, 0.25) is 0 Å². The van der Waals surface area contributed by atoms with Gasteiger partial charge in [0.05, 0.1) is 5.69 Å². The van der Waals surface area contributed by atoms with Gasteiger partial charge in [0.15, 0.2) is 12.3 Å². The Kier molecular flexibility index (Phi) is 10.8. The third kappa shape index (κ3) is 7.86. The number of carboxylic acids is 1. The first kappa shape index (κ1) is 34.2. The zero-order valence-corrected chi connectivity index (χ0v) is 26.8. The van der Waals surface area contributed by atoms with Gasteiger partial charge in [-0.05, 0) is 50.7 Å². The van der Waals surface area contributed by atoms with Crippen molar-refractivity contribution < 1.29 is 43.7 Å². The number of hydrogen-bond acceptors (Lipinski definition) is 8. The van der Waals surface area contributed by atoms with Gasteiger partial charge in [0.2, 0.25) is 17.7 Å². The van der Waals surface area contributed by atoms with Gasteiger partial charge < -0.3 is 39.9 Å². The van der Waals surface area contributed by atoms with Crippen molar-refractivity contribution in [2.45, 2.75) is 63.1 Å². The SMILES string of the molecule is CN(C(=O)[C@@H]1CCCN1C(=O)COc1cc(C(=O)N[C@@H](CCC(=O)O)C(=O)N2CCN(C(=O)O)CC2)nn1-c1ccccc1)C1CCC1. The molecule has 0 radical (unpaired) electrons. The Balaban J connectivity index is 1.29. The Morgan fingerprint density at radius 1 is 0.958 bits per heavy atom. The fourth-order valence-electron chi connectivity index (χ4n) is 6.16. The van der Waals surface area contributed by atoms with Crippen molar-refractivity contribution >= 4 is 35.7 Å². The molecule has 2 aromatic rings. The lowest BCUT2D eigenvalue weighted by molar-refractivity contribution is -0.146. The number of hydrogen-bond donors (Lipinski definition) is 3. The van der Waals surface area contributed by atoms with Crippen molar-refractivity contribution in [3.8, 4) is 11.6 Å². The van der Waals surface area contributed by atoms with Crippen LogP contribution in [0.3, 0.4) is 0 Å². The Morgan fingerprint density at radius 3 is 2.27 bits per heavy atom. The molecule has 258 valence electrons. The van der Waals surface area contributed by atoms with Gasteiger partial charge in [0.25, 0.3) is 11.8 Å². The molecular formula is C32H41N7O9. The van der Waals surface area contributed by atoms with Crippen molar-refractivity contribution in [1.29, 1.82) is 0 Å². The monoisotopic (exact) mass is 667 g/mol. The summed E-state index contributed by atoms with van der Waals surface area (Å²) in [5.74, 6) is -2.82. The lowest BCUT2D eigenvalue weighted by Gasteiger charge is -2.37. The molecular weight excluding hydrogens is 626 g/mol. The molecule has 16 heteroatoms. The number of aliphatic carboxylic acids is 1. The molecule has 1 saturated carbocycles. The number of ether oxygens (including phenoxy) is 1. The van der Waals surface area contributed by atoms with Gasteiger partial charge in [-0.3, -0.25) is 24.0 Å². The number of piperazine rings is 1. The number of para-hydroxylation sites is 1. The standard InChI is InChI=1S/C32H41N7O9/c1-35(21-9-5-10-21)31(45)25-11-6-14-38(25)26(40)20-48-27-19-24(34-39(27)22-7-3-2-4-8-22)29(43)33-23(12-13-28(41)42)30(44)36-15-17-37(18-16-36)32(46)47/h2-4,7-8,19,21,23,25H,5-6,9-18,20H2,1H3,(H,33,43)(H,41,42)(H,46,47)/t23-,25-/m0/s1. The van der Waals surface area contributed by atoms with Gasteiger partial charge >= 0.3 is 12.1 Å². The zero-order valence-electron chi connectivity index (χ0n) is 26.8. The molecule has 0 bridgehead atoms. The van der Waals surface area contributed by atoms with E-state index in [1.54, 1.807) is 47.2 Å². The minimum Gasteiger partial charge on any atom is -0.481 e. The summed E-state index contributed by atoms with van der Waals surface area (Å²) < 4.78 is 7.27. The van der Waals surface area contributed by atoms with Crippen molar-refractivity contribution in [3.05, 3.63) is 42.1 Å². The molecule has 16 nitrogen and oxygen atoms in total. The number of carboxylic acid groups (broad SMARTS) is 2. The van der Waals surface area contributed by atoms with Crippen LogP contribution in [-0.4, -0.2) is 140 Å². The summed E-state index contributed by atoms with van der Waals surface area (Å²) in [5.41, 5.74) is 0.395. The highest BCUT2D eigenvalue weighted by molar-refractivity contribution is 5.96. The number of likely N-dealkylation sites (N-methyl/N-ethyl adjacent to an activating group) is 1. The highest BCUT2D eigenvalue weighted by Gasteiger charge is 2.38. The fraction of sp³-hybridized carbons (Fsp3) is 0.531. The second kappa shape index (κ2) is 15.2. The average molecular weight is 668 g/mol. The molecule has 5 rings (SSSR count). The highest BCUT2D eigenvalue weighted by atomic mass is 16.5. The van der Waals surface area contributed by atoms with E-state index in [1.165, 1.54) is 20.5 Å². The van der Waals surface area contributed by atoms with E-state index in [0.717, 1.165) is 19.3 Å². The van der Waals surface area contributed by atoms with Gasteiger partial charge in [-0.2, -0.15) is 5.10 Å². The molecule has 5 amide bonds. The van der Waals surface area contributed by atoms with Crippen LogP contribution in [0.25, 0.3) is 5.69 Å². The van der Waals surface area contributed by atoms with E-state index in [-0.39, 0.29) is 62.0 Å². The number of likely N-dealkylation sites (tertiary alicyclic amines) is 1. The minimum absolute atomic E-state index is 0.0744. The van der Waals surface area contributed by atoms with Crippen LogP contribution >= 0.6 is 0 Å². The summed E-state index contributed by atoms with van der Waals surface area (Å²) >= 11 is 0. The van der Waals surface area contributed by atoms with Crippen LogP contribution in [0.15, 0.2) is 36.4 Å². The van der Waals surface area contributed by atoms with Crippen LogP contribution in [-0.2, 0) is 19.2 Å². The normalized spacial score (nSPS) is 18.5. The molecule has 2 aliphatic heterocycles. The Labute approximate surface area is 277 Å². The third-order valence-electron chi connectivity index (χ3n) is 9.19. The number of nitrogens with zero attached hydrogens (tertiary/aromatic N) is 6. The highest BCUT2D eigenvalue weighted by Crippen LogP contribution is 2.27. The third-order valence-corrected chi connectivity index (χ3v) is 9.19. The predicted octanol–water partition coefficient (Wildman–Crippen LogP) is 1.04. The second-order valence-electron chi connectivity index (χ2n) is 12.2. The predicted molar refractivity (Wildman–Crippen MR) is 169 cm³/mol. The maximum atomic E-state index is 13.5. The van der Waals surface area contributed by atoms with E-state index >= 15 is 0 Å². The quantitative estimate of drug-likeness (QED) is 0.294. The first-order valence-electron chi connectivity index (χ1n) is 16.2. The summed E-state index contributed by atoms with van der Waals surface area (Å²) in [5, 5.41) is 25.5. The number of carbonyl (C=O) groups excluding carboxylic acids is 4. The molecule has 3 heterocycles. The first-order chi connectivity index (χ1) is 23.0. The number of rotatable bonds is 12. The number of nitrogens with one attached hydrogen (secondary N) is 1. The zero-order chi connectivity index (χ0) is 34.4. The summed E-state index contributed by atoms with van der Waals surface area (Å²) in [7, 11) is 1.79. The minimum atomic E-state index is -1.21. The molecule has 48 heavy (non-hydrogen) atoms. The van der Waals surface area contributed by atoms with Gasteiger partial charge in [-0.25, -0.2) is 9.48 Å². The summed E-state index contributed by atoms with van der Waals surface area (Å²) in [6.07, 6.45) is 2.60. The van der Waals surface area contributed by atoms with Gasteiger partial charge in [0.1, 0.15) is 12.1 Å². The summed E-state index contributed by atoms with van der Waals surface area (Å²) in [4.78, 5) is 81.9. The number of benzene rings is 1. The summed E-state index contributed by atoms with van der Waals surface area (Å²) in [6, 6.07) is 8.54. The molecule has 3 aliphatic rings. The smallest absolute Gasteiger partial charge is 0.407 e. The Bertz CT molecular complexity index is 1520. The Hall–Kier alpha value is -5.15. The van der Waals surface area contributed by atoms with Gasteiger partial charge in [-0.1, -0.05) is 18.2 Å². The van der Waals surface area contributed by atoms with Crippen molar-refractivity contribution in [1.82, 2.24) is 34.7 Å². The lowest BCUT2D eigenvalue weighted by Crippen LogP contribution is -2.55. The van der Waals surface area contributed by atoms with E-state index < -0.39 is 49.0 Å².